The van der Waals surface area contributed by atoms with Crippen LogP contribution in [-0.2, 0) is 4.79 Å². The number of carbonyl (C=O) groups excluding carboxylic acids is 1. The van der Waals surface area contributed by atoms with E-state index in [2.05, 4.69) is 36.5 Å². The Morgan fingerprint density at radius 3 is 2.62 bits per heavy atom. The molecular formula is C18H20N2O. The minimum atomic E-state index is -0.232. The van der Waals surface area contributed by atoms with Crippen LogP contribution in [0.15, 0.2) is 36.4 Å². The van der Waals surface area contributed by atoms with Gasteiger partial charge >= 0.3 is 0 Å². The molecule has 0 saturated heterocycles. The number of amides is 1. The van der Waals surface area contributed by atoms with E-state index < -0.39 is 0 Å². The molecule has 0 spiro atoms. The van der Waals surface area contributed by atoms with Crippen LogP contribution in [0.2, 0.25) is 0 Å². The molecule has 0 aromatic heterocycles. The van der Waals surface area contributed by atoms with Crippen LogP contribution in [-0.4, -0.2) is 5.91 Å². The quantitative estimate of drug-likeness (QED) is 0.885. The number of carbonyl (C=O) groups is 1. The van der Waals surface area contributed by atoms with Crippen molar-refractivity contribution >= 4 is 11.6 Å². The van der Waals surface area contributed by atoms with E-state index in [4.69, 9.17) is 5.73 Å². The lowest BCUT2D eigenvalue weighted by Crippen LogP contribution is -2.15. The number of hydrogen-bond donors (Lipinski definition) is 2. The zero-order valence-electron chi connectivity index (χ0n) is 12.6. The molecule has 3 heteroatoms. The number of fused-ring (bicyclic) bond motifs is 1. The number of anilines is 1. The summed E-state index contributed by atoms with van der Waals surface area (Å²) in [5.74, 6) is -0.0587. The normalized spacial score (nSPS) is 18.3. The summed E-state index contributed by atoms with van der Waals surface area (Å²) in [6, 6.07) is 12.1. The average molecular weight is 280 g/mol. The minimum Gasteiger partial charge on any atom is -0.325 e. The number of aryl methyl sites for hydroxylation is 2. The van der Waals surface area contributed by atoms with Crippen LogP contribution in [0.1, 0.15) is 46.7 Å². The highest BCUT2D eigenvalue weighted by molar-refractivity contribution is 6.03. The molecule has 2 unspecified atom stereocenters. The molecule has 2 aromatic rings. The van der Waals surface area contributed by atoms with Crippen molar-refractivity contribution in [1.29, 1.82) is 0 Å². The summed E-state index contributed by atoms with van der Waals surface area (Å²) in [7, 11) is 0. The van der Waals surface area contributed by atoms with Crippen molar-refractivity contribution in [3.8, 4) is 0 Å². The van der Waals surface area contributed by atoms with Gasteiger partial charge < -0.3 is 11.1 Å². The van der Waals surface area contributed by atoms with Gasteiger partial charge in [0.15, 0.2) is 0 Å². The monoisotopic (exact) mass is 280 g/mol. The van der Waals surface area contributed by atoms with Crippen molar-refractivity contribution in [3.63, 3.8) is 0 Å². The fraction of sp³-hybridized carbons (Fsp3) is 0.278. The van der Waals surface area contributed by atoms with Crippen molar-refractivity contribution in [2.75, 3.05) is 5.32 Å². The molecule has 1 amide bonds. The number of nitrogens with two attached hydrogens (primary N) is 1. The first-order chi connectivity index (χ1) is 9.97. The highest BCUT2D eigenvalue weighted by Crippen LogP contribution is 2.39. The van der Waals surface area contributed by atoms with Gasteiger partial charge in [-0.2, -0.15) is 0 Å². The summed E-state index contributed by atoms with van der Waals surface area (Å²) in [5, 5.41) is 2.99. The van der Waals surface area contributed by atoms with Crippen LogP contribution in [0.3, 0.4) is 0 Å². The van der Waals surface area contributed by atoms with E-state index in [1.807, 2.05) is 26.0 Å². The summed E-state index contributed by atoms with van der Waals surface area (Å²) in [4.78, 5) is 12.0. The molecule has 0 radical (unpaired) electrons. The molecule has 2 aromatic carbocycles. The molecule has 1 aliphatic heterocycles. The van der Waals surface area contributed by atoms with Gasteiger partial charge in [-0.3, -0.25) is 4.79 Å². The standard InChI is InChI=1S/C18H20N2O/c1-10-5-4-6-13(7-10)16(19)15-9-11(2)8-14-12(3)18(21)20-17(14)15/h4-9,12,16H,19H2,1-3H3,(H,20,21). The molecule has 0 aliphatic carbocycles. The minimum absolute atomic E-state index is 0.0493. The van der Waals surface area contributed by atoms with Crippen LogP contribution in [0.25, 0.3) is 0 Å². The van der Waals surface area contributed by atoms with Crippen LogP contribution in [0.4, 0.5) is 5.69 Å². The lowest BCUT2D eigenvalue weighted by Gasteiger charge is -2.18. The Hall–Kier alpha value is -2.13. The molecule has 0 bridgehead atoms. The van der Waals surface area contributed by atoms with Crippen LogP contribution in [0.5, 0.6) is 0 Å². The van der Waals surface area contributed by atoms with E-state index in [0.717, 1.165) is 27.9 Å². The maximum absolute atomic E-state index is 12.0. The van der Waals surface area contributed by atoms with Gasteiger partial charge in [-0.15, -0.1) is 0 Å². The third-order valence-electron chi connectivity index (χ3n) is 4.19. The molecule has 0 saturated carbocycles. The van der Waals surface area contributed by atoms with Crippen molar-refractivity contribution in [1.82, 2.24) is 0 Å². The smallest absolute Gasteiger partial charge is 0.231 e. The Morgan fingerprint density at radius 1 is 1.14 bits per heavy atom. The Kier molecular flexibility index (Phi) is 3.30. The molecule has 2 atom stereocenters. The van der Waals surface area contributed by atoms with E-state index in [9.17, 15) is 4.79 Å². The molecule has 0 fully saturated rings. The predicted molar refractivity (Wildman–Crippen MR) is 85.4 cm³/mol. The summed E-state index contributed by atoms with van der Waals surface area (Å²) >= 11 is 0. The molecular weight excluding hydrogens is 260 g/mol. The molecule has 1 aliphatic rings. The van der Waals surface area contributed by atoms with Gasteiger partial charge in [0.2, 0.25) is 5.91 Å². The van der Waals surface area contributed by atoms with Crippen LogP contribution < -0.4 is 11.1 Å². The third kappa shape index (κ3) is 2.34. The Morgan fingerprint density at radius 2 is 1.90 bits per heavy atom. The maximum atomic E-state index is 12.0. The maximum Gasteiger partial charge on any atom is 0.231 e. The number of hydrogen-bond acceptors (Lipinski definition) is 2. The summed E-state index contributed by atoms with van der Waals surface area (Å²) < 4.78 is 0. The second kappa shape index (κ2) is 5.01. The lowest BCUT2D eigenvalue weighted by molar-refractivity contribution is -0.116. The fourth-order valence-electron chi connectivity index (χ4n) is 2.99. The van der Waals surface area contributed by atoms with Gasteiger partial charge in [0.25, 0.3) is 0 Å². The second-order valence-corrected chi connectivity index (χ2v) is 5.92. The average Bonchev–Trinajstić information content (AvgIpc) is 2.73. The molecule has 21 heavy (non-hydrogen) atoms. The predicted octanol–water partition coefficient (Wildman–Crippen LogP) is 3.41. The fourth-order valence-corrected chi connectivity index (χ4v) is 2.99. The van der Waals surface area contributed by atoms with Crippen LogP contribution >= 0.6 is 0 Å². The summed E-state index contributed by atoms with van der Waals surface area (Å²) in [6.07, 6.45) is 0. The molecule has 108 valence electrons. The zero-order valence-corrected chi connectivity index (χ0v) is 12.6. The Bertz CT molecular complexity index is 721. The van der Waals surface area contributed by atoms with E-state index >= 15 is 0 Å². The van der Waals surface area contributed by atoms with Gasteiger partial charge in [0, 0.05) is 5.69 Å². The zero-order chi connectivity index (χ0) is 15.1. The summed E-state index contributed by atoms with van der Waals surface area (Å²) in [5.41, 5.74) is 12.8. The van der Waals surface area contributed by atoms with E-state index in [1.165, 1.54) is 5.56 Å². The lowest BCUT2D eigenvalue weighted by atomic mass is 9.91. The number of benzene rings is 2. The van der Waals surface area contributed by atoms with Crippen molar-refractivity contribution in [3.05, 3.63) is 64.2 Å². The number of nitrogens with one attached hydrogen (secondary N) is 1. The van der Waals surface area contributed by atoms with Crippen molar-refractivity contribution in [2.24, 2.45) is 5.73 Å². The van der Waals surface area contributed by atoms with Gasteiger partial charge in [-0.25, -0.2) is 0 Å². The third-order valence-corrected chi connectivity index (χ3v) is 4.19. The van der Waals surface area contributed by atoms with Crippen molar-refractivity contribution in [2.45, 2.75) is 32.7 Å². The van der Waals surface area contributed by atoms with E-state index in [-0.39, 0.29) is 17.9 Å². The van der Waals surface area contributed by atoms with E-state index in [1.54, 1.807) is 0 Å². The van der Waals surface area contributed by atoms with Gasteiger partial charge in [0.1, 0.15) is 0 Å². The first-order valence-electron chi connectivity index (χ1n) is 7.25. The highest BCUT2D eigenvalue weighted by Gasteiger charge is 2.30. The summed E-state index contributed by atoms with van der Waals surface area (Å²) in [6.45, 7) is 6.03. The largest absolute Gasteiger partial charge is 0.325 e. The van der Waals surface area contributed by atoms with Gasteiger partial charge in [-0.05, 0) is 37.5 Å². The molecule has 1 heterocycles. The first-order valence-corrected chi connectivity index (χ1v) is 7.25. The molecule has 3 N–H and O–H groups in total. The molecule has 3 rings (SSSR count). The Labute approximate surface area is 125 Å². The number of rotatable bonds is 2. The SMILES string of the molecule is Cc1cccc(C(N)c2cc(C)cc3c2NC(=O)C3C)c1. The highest BCUT2D eigenvalue weighted by atomic mass is 16.2. The van der Waals surface area contributed by atoms with Gasteiger partial charge in [0.05, 0.1) is 12.0 Å². The van der Waals surface area contributed by atoms with E-state index in [0.29, 0.717) is 0 Å². The second-order valence-electron chi connectivity index (χ2n) is 5.92. The molecule has 3 nitrogen and oxygen atoms in total. The Balaban J connectivity index is 2.11. The topological polar surface area (TPSA) is 55.1 Å². The first kappa shape index (κ1) is 13.8. The van der Waals surface area contributed by atoms with Crippen LogP contribution in [0, 0.1) is 13.8 Å². The van der Waals surface area contributed by atoms with Crippen molar-refractivity contribution < 1.29 is 4.79 Å². The van der Waals surface area contributed by atoms with Gasteiger partial charge in [-0.1, -0.05) is 47.5 Å².